The zero-order chi connectivity index (χ0) is 15.1. The lowest BCUT2D eigenvalue weighted by Gasteiger charge is -2.13. The number of thioether (sulfide) groups is 1. The zero-order valence-electron chi connectivity index (χ0n) is 12.4. The summed E-state index contributed by atoms with van der Waals surface area (Å²) >= 11 is 1.41. The Labute approximate surface area is 133 Å². The van der Waals surface area contributed by atoms with Crippen LogP contribution < -0.4 is 0 Å². The Kier molecular flexibility index (Phi) is 3.27. The molecule has 2 heteroatoms. The standard InChI is InChI=1S/C20H16OS/c1-13(21)22-12-11-14-5-6-17-8-7-15-3-2-4-16-9-10-18(14)20(17)19(15)16/h2-10H,11-12H2,1H3. The van der Waals surface area contributed by atoms with E-state index in [2.05, 4.69) is 54.6 Å². The second kappa shape index (κ2) is 5.29. The van der Waals surface area contributed by atoms with Crippen LogP contribution in [0.1, 0.15) is 12.5 Å². The Bertz CT molecular complexity index is 971. The van der Waals surface area contributed by atoms with Crippen molar-refractivity contribution in [2.75, 3.05) is 5.75 Å². The monoisotopic (exact) mass is 304 g/mol. The van der Waals surface area contributed by atoms with E-state index in [-0.39, 0.29) is 5.12 Å². The van der Waals surface area contributed by atoms with Gasteiger partial charge in [0.15, 0.2) is 5.12 Å². The summed E-state index contributed by atoms with van der Waals surface area (Å²) in [6, 6.07) is 19.8. The van der Waals surface area contributed by atoms with Gasteiger partial charge in [-0.1, -0.05) is 66.4 Å². The van der Waals surface area contributed by atoms with Gasteiger partial charge in [-0.2, -0.15) is 0 Å². The number of hydrogen-bond acceptors (Lipinski definition) is 2. The Balaban J connectivity index is 1.94. The lowest BCUT2D eigenvalue weighted by Crippen LogP contribution is -1.94. The van der Waals surface area contributed by atoms with Gasteiger partial charge in [-0.05, 0) is 44.3 Å². The van der Waals surface area contributed by atoms with Crippen molar-refractivity contribution < 1.29 is 4.79 Å². The molecule has 0 amide bonds. The van der Waals surface area contributed by atoms with Crippen molar-refractivity contribution >= 4 is 49.2 Å². The summed E-state index contributed by atoms with van der Waals surface area (Å²) in [6.07, 6.45) is 0.929. The normalized spacial score (nSPS) is 11.7. The van der Waals surface area contributed by atoms with Gasteiger partial charge in [0.05, 0.1) is 0 Å². The molecule has 22 heavy (non-hydrogen) atoms. The van der Waals surface area contributed by atoms with E-state index in [9.17, 15) is 4.79 Å². The first-order valence-electron chi connectivity index (χ1n) is 7.53. The quantitative estimate of drug-likeness (QED) is 0.471. The van der Waals surface area contributed by atoms with Crippen LogP contribution in [0.5, 0.6) is 0 Å². The molecule has 108 valence electrons. The smallest absolute Gasteiger partial charge is 0.185 e. The Morgan fingerprint density at radius 3 is 2.23 bits per heavy atom. The average molecular weight is 304 g/mol. The van der Waals surface area contributed by atoms with Crippen molar-refractivity contribution in [1.29, 1.82) is 0 Å². The fraction of sp³-hybridized carbons (Fsp3) is 0.150. The molecule has 0 aromatic heterocycles. The molecular formula is C20H16OS. The first kappa shape index (κ1) is 13.6. The Morgan fingerprint density at radius 2 is 1.50 bits per heavy atom. The molecule has 0 aliphatic heterocycles. The molecule has 1 nitrogen and oxygen atoms in total. The highest BCUT2D eigenvalue weighted by Gasteiger charge is 2.10. The van der Waals surface area contributed by atoms with Crippen molar-refractivity contribution in [1.82, 2.24) is 0 Å². The van der Waals surface area contributed by atoms with Crippen molar-refractivity contribution in [2.45, 2.75) is 13.3 Å². The molecule has 4 rings (SSSR count). The third-order valence-corrected chi connectivity index (χ3v) is 5.11. The summed E-state index contributed by atoms with van der Waals surface area (Å²) < 4.78 is 0. The van der Waals surface area contributed by atoms with Crippen LogP contribution in [0.3, 0.4) is 0 Å². The van der Waals surface area contributed by atoms with Crippen molar-refractivity contribution in [3.05, 3.63) is 60.2 Å². The van der Waals surface area contributed by atoms with Gasteiger partial charge in [0.2, 0.25) is 0 Å². The number of aryl methyl sites for hydroxylation is 1. The van der Waals surface area contributed by atoms with E-state index in [0.717, 1.165) is 12.2 Å². The number of carbonyl (C=O) groups is 1. The molecule has 0 N–H and O–H groups in total. The van der Waals surface area contributed by atoms with Gasteiger partial charge in [0.1, 0.15) is 0 Å². The van der Waals surface area contributed by atoms with Crippen LogP contribution in [0, 0.1) is 0 Å². The third-order valence-electron chi connectivity index (χ3n) is 4.30. The molecule has 0 aliphatic carbocycles. The highest BCUT2D eigenvalue weighted by Crippen LogP contribution is 2.36. The summed E-state index contributed by atoms with van der Waals surface area (Å²) in [7, 11) is 0. The molecular weight excluding hydrogens is 288 g/mol. The molecule has 0 aliphatic rings. The largest absolute Gasteiger partial charge is 0.288 e. The van der Waals surface area contributed by atoms with E-state index >= 15 is 0 Å². The van der Waals surface area contributed by atoms with E-state index in [0.29, 0.717) is 0 Å². The van der Waals surface area contributed by atoms with Crippen LogP contribution in [0.4, 0.5) is 0 Å². The molecule has 0 saturated heterocycles. The maximum atomic E-state index is 11.1. The summed E-state index contributed by atoms with van der Waals surface area (Å²) in [5.74, 6) is 0.847. The zero-order valence-corrected chi connectivity index (χ0v) is 13.2. The molecule has 0 bridgehead atoms. The number of rotatable bonds is 3. The Morgan fingerprint density at radius 1 is 0.864 bits per heavy atom. The number of hydrogen-bond donors (Lipinski definition) is 0. The summed E-state index contributed by atoms with van der Waals surface area (Å²) in [5.41, 5.74) is 1.33. The van der Waals surface area contributed by atoms with Gasteiger partial charge in [-0.3, -0.25) is 4.79 Å². The number of carbonyl (C=O) groups excluding carboxylic acids is 1. The highest BCUT2D eigenvalue weighted by molar-refractivity contribution is 8.13. The van der Waals surface area contributed by atoms with Gasteiger partial charge in [0.25, 0.3) is 0 Å². The molecule has 0 spiro atoms. The first-order chi connectivity index (χ1) is 10.7. The highest BCUT2D eigenvalue weighted by atomic mass is 32.2. The maximum Gasteiger partial charge on any atom is 0.185 e. The minimum Gasteiger partial charge on any atom is -0.288 e. The van der Waals surface area contributed by atoms with E-state index in [4.69, 9.17) is 0 Å². The lowest BCUT2D eigenvalue weighted by molar-refractivity contribution is -0.109. The van der Waals surface area contributed by atoms with Crippen molar-refractivity contribution in [3.63, 3.8) is 0 Å². The second-order valence-electron chi connectivity index (χ2n) is 5.67. The molecule has 4 aromatic carbocycles. The van der Waals surface area contributed by atoms with E-state index in [1.54, 1.807) is 6.92 Å². The predicted molar refractivity (Wildman–Crippen MR) is 97.0 cm³/mol. The fourth-order valence-corrected chi connectivity index (χ4v) is 3.93. The van der Waals surface area contributed by atoms with Crippen LogP contribution in [-0.2, 0) is 11.2 Å². The molecule has 4 aromatic rings. The second-order valence-corrected chi connectivity index (χ2v) is 6.94. The van der Waals surface area contributed by atoms with E-state index < -0.39 is 0 Å². The minimum absolute atomic E-state index is 0.192. The number of benzene rings is 4. The fourth-order valence-electron chi connectivity index (χ4n) is 3.32. The van der Waals surface area contributed by atoms with Crippen molar-refractivity contribution in [2.24, 2.45) is 0 Å². The van der Waals surface area contributed by atoms with Gasteiger partial charge in [0, 0.05) is 12.7 Å². The topological polar surface area (TPSA) is 17.1 Å². The predicted octanol–water partition coefficient (Wildman–Crippen LogP) is 5.41. The first-order valence-corrected chi connectivity index (χ1v) is 8.51. The summed E-state index contributed by atoms with van der Waals surface area (Å²) in [6.45, 7) is 1.63. The minimum atomic E-state index is 0.192. The molecule has 0 saturated carbocycles. The van der Waals surface area contributed by atoms with Gasteiger partial charge in [-0.15, -0.1) is 0 Å². The lowest BCUT2D eigenvalue weighted by atomic mass is 9.91. The third kappa shape index (κ3) is 2.15. The van der Waals surface area contributed by atoms with Crippen LogP contribution in [0.25, 0.3) is 32.3 Å². The van der Waals surface area contributed by atoms with Gasteiger partial charge < -0.3 is 0 Å². The molecule has 0 fully saturated rings. The molecule has 0 radical (unpaired) electrons. The van der Waals surface area contributed by atoms with Crippen LogP contribution in [-0.4, -0.2) is 10.9 Å². The van der Waals surface area contributed by atoms with Gasteiger partial charge in [-0.25, -0.2) is 0 Å². The van der Waals surface area contributed by atoms with Crippen LogP contribution >= 0.6 is 11.8 Å². The maximum absolute atomic E-state index is 11.1. The molecule has 0 unspecified atom stereocenters. The van der Waals surface area contributed by atoms with E-state index in [1.807, 2.05) is 0 Å². The van der Waals surface area contributed by atoms with Crippen LogP contribution in [0.15, 0.2) is 54.6 Å². The SMILES string of the molecule is CC(=O)SCCc1ccc2ccc3cccc4ccc1c2c34. The average Bonchev–Trinajstić information content (AvgIpc) is 2.53. The molecule has 0 atom stereocenters. The van der Waals surface area contributed by atoms with Gasteiger partial charge >= 0.3 is 0 Å². The molecule has 0 heterocycles. The summed E-state index contributed by atoms with van der Waals surface area (Å²) in [5, 5.41) is 8.13. The van der Waals surface area contributed by atoms with Crippen molar-refractivity contribution in [3.8, 4) is 0 Å². The van der Waals surface area contributed by atoms with Crippen LogP contribution in [0.2, 0.25) is 0 Å². The summed E-state index contributed by atoms with van der Waals surface area (Å²) in [4.78, 5) is 11.1. The van der Waals surface area contributed by atoms with E-state index in [1.165, 1.54) is 49.6 Å². The Hall–Kier alpha value is -2.06.